The molecule has 2 nitrogen and oxygen atoms in total. The van der Waals surface area contributed by atoms with Crippen LogP contribution in [0.1, 0.15) is 5.56 Å². The first-order valence-electron chi connectivity index (χ1n) is 4.92. The van der Waals surface area contributed by atoms with Crippen LogP contribution in [0.15, 0.2) is 50.5 Å². The Bertz CT molecular complexity index is 532. The van der Waals surface area contributed by atoms with E-state index in [1.807, 2.05) is 24.4 Å². The predicted molar refractivity (Wildman–Crippen MR) is 80.1 cm³/mol. The summed E-state index contributed by atoms with van der Waals surface area (Å²) in [5, 5.41) is 0. The SMILES string of the molecule is Nc1ccc(Br)cc1SCc1cncc(Br)c1. The van der Waals surface area contributed by atoms with Gasteiger partial charge < -0.3 is 5.73 Å². The Morgan fingerprint density at radius 2 is 1.94 bits per heavy atom. The fourth-order valence-electron chi connectivity index (χ4n) is 1.33. The number of nitrogens with two attached hydrogens (primary N) is 1. The summed E-state index contributed by atoms with van der Waals surface area (Å²) in [5.41, 5.74) is 7.89. The summed E-state index contributed by atoms with van der Waals surface area (Å²) in [5.74, 6) is 0.854. The van der Waals surface area contributed by atoms with E-state index in [1.54, 1.807) is 18.0 Å². The molecule has 0 saturated heterocycles. The van der Waals surface area contributed by atoms with Gasteiger partial charge in [-0.15, -0.1) is 11.8 Å². The van der Waals surface area contributed by atoms with Gasteiger partial charge in [0.2, 0.25) is 0 Å². The Labute approximate surface area is 121 Å². The molecule has 0 bridgehead atoms. The van der Waals surface area contributed by atoms with Gasteiger partial charge in [-0.3, -0.25) is 4.98 Å². The van der Waals surface area contributed by atoms with Gasteiger partial charge in [-0.2, -0.15) is 0 Å². The first-order valence-corrected chi connectivity index (χ1v) is 7.49. The maximum atomic E-state index is 5.92. The second-order valence-corrected chi connectivity index (χ2v) is 6.33. The second kappa shape index (κ2) is 5.89. The minimum absolute atomic E-state index is 0.807. The zero-order valence-electron chi connectivity index (χ0n) is 8.86. The highest BCUT2D eigenvalue weighted by Gasteiger charge is 2.02. The predicted octanol–water partition coefficient (Wildman–Crippen LogP) is 4.48. The van der Waals surface area contributed by atoms with Gasteiger partial charge in [-0.05, 0) is 45.8 Å². The number of anilines is 1. The van der Waals surface area contributed by atoms with Crippen molar-refractivity contribution in [2.45, 2.75) is 10.6 Å². The first-order chi connectivity index (χ1) is 8.15. The second-order valence-electron chi connectivity index (χ2n) is 3.48. The summed E-state index contributed by atoms with van der Waals surface area (Å²) in [6, 6.07) is 7.95. The number of hydrogen-bond donors (Lipinski definition) is 1. The zero-order chi connectivity index (χ0) is 12.3. The maximum Gasteiger partial charge on any atom is 0.0453 e. The van der Waals surface area contributed by atoms with Crippen LogP contribution >= 0.6 is 43.6 Å². The number of nitrogens with zero attached hydrogens (tertiary/aromatic N) is 1. The van der Waals surface area contributed by atoms with Crippen LogP contribution in [0.3, 0.4) is 0 Å². The Morgan fingerprint density at radius 3 is 2.71 bits per heavy atom. The molecule has 0 aliphatic carbocycles. The van der Waals surface area contributed by atoms with Crippen LogP contribution in [0.4, 0.5) is 5.69 Å². The molecule has 0 amide bonds. The molecule has 2 aromatic rings. The number of nitrogen functional groups attached to an aromatic ring is 1. The largest absolute Gasteiger partial charge is 0.398 e. The van der Waals surface area contributed by atoms with E-state index in [-0.39, 0.29) is 0 Å². The van der Waals surface area contributed by atoms with Crippen molar-refractivity contribution in [3.63, 3.8) is 0 Å². The number of hydrogen-bond acceptors (Lipinski definition) is 3. The lowest BCUT2D eigenvalue weighted by molar-refractivity contribution is 1.23. The number of halogens is 2. The van der Waals surface area contributed by atoms with Crippen molar-refractivity contribution in [1.82, 2.24) is 4.98 Å². The minimum Gasteiger partial charge on any atom is -0.398 e. The molecule has 5 heteroatoms. The average Bonchev–Trinajstić information content (AvgIpc) is 2.30. The van der Waals surface area contributed by atoms with Crippen LogP contribution in [0.5, 0.6) is 0 Å². The van der Waals surface area contributed by atoms with Gasteiger partial charge in [0.25, 0.3) is 0 Å². The van der Waals surface area contributed by atoms with E-state index in [0.29, 0.717) is 0 Å². The Hall–Kier alpha value is -0.520. The average molecular weight is 374 g/mol. The van der Waals surface area contributed by atoms with E-state index in [4.69, 9.17) is 5.73 Å². The Kier molecular flexibility index (Phi) is 4.48. The summed E-state index contributed by atoms with van der Waals surface area (Å²) < 4.78 is 2.04. The van der Waals surface area contributed by atoms with Crippen molar-refractivity contribution in [3.8, 4) is 0 Å². The van der Waals surface area contributed by atoms with Crippen LogP contribution < -0.4 is 5.73 Å². The van der Waals surface area contributed by atoms with E-state index in [9.17, 15) is 0 Å². The number of aromatic nitrogens is 1. The van der Waals surface area contributed by atoms with Gasteiger partial charge >= 0.3 is 0 Å². The van der Waals surface area contributed by atoms with Crippen molar-refractivity contribution < 1.29 is 0 Å². The van der Waals surface area contributed by atoms with Gasteiger partial charge in [0.15, 0.2) is 0 Å². The monoisotopic (exact) mass is 372 g/mol. The van der Waals surface area contributed by atoms with Crippen LogP contribution in [0.25, 0.3) is 0 Å². The highest BCUT2D eigenvalue weighted by atomic mass is 79.9. The van der Waals surface area contributed by atoms with Crippen LogP contribution in [0.2, 0.25) is 0 Å². The number of thioether (sulfide) groups is 1. The van der Waals surface area contributed by atoms with Crippen molar-refractivity contribution in [2.75, 3.05) is 5.73 Å². The molecule has 0 fully saturated rings. The van der Waals surface area contributed by atoms with Crippen molar-refractivity contribution in [2.24, 2.45) is 0 Å². The summed E-state index contributed by atoms with van der Waals surface area (Å²) in [6.07, 6.45) is 3.65. The lowest BCUT2D eigenvalue weighted by Gasteiger charge is -2.06. The van der Waals surface area contributed by atoms with E-state index in [2.05, 4.69) is 42.9 Å². The van der Waals surface area contributed by atoms with Crippen LogP contribution in [-0.4, -0.2) is 4.98 Å². The molecule has 2 rings (SSSR count). The molecule has 1 aromatic heterocycles. The molecule has 1 aromatic carbocycles. The lowest BCUT2D eigenvalue weighted by atomic mass is 10.3. The fraction of sp³-hybridized carbons (Fsp3) is 0.0833. The molecule has 88 valence electrons. The van der Waals surface area contributed by atoms with Crippen molar-refractivity contribution in [3.05, 3.63) is 51.2 Å². The molecule has 2 N–H and O–H groups in total. The van der Waals surface area contributed by atoms with E-state index in [1.165, 1.54) is 5.56 Å². The number of benzene rings is 1. The summed E-state index contributed by atoms with van der Waals surface area (Å²) in [4.78, 5) is 5.22. The third kappa shape index (κ3) is 3.72. The molecule has 17 heavy (non-hydrogen) atoms. The van der Waals surface area contributed by atoms with E-state index in [0.717, 1.165) is 25.3 Å². The molecule has 0 radical (unpaired) electrons. The highest BCUT2D eigenvalue weighted by molar-refractivity contribution is 9.10. The maximum absolute atomic E-state index is 5.92. The molecule has 1 heterocycles. The van der Waals surface area contributed by atoms with Crippen LogP contribution in [0, 0.1) is 0 Å². The molecule has 0 saturated carbocycles. The standard InChI is InChI=1S/C12H10Br2N2S/c13-9-1-2-11(15)12(4-9)17-7-8-3-10(14)6-16-5-8/h1-6H,7,15H2. The molecule has 0 atom stereocenters. The van der Waals surface area contributed by atoms with E-state index >= 15 is 0 Å². The fourth-order valence-corrected chi connectivity index (χ4v) is 3.18. The van der Waals surface area contributed by atoms with E-state index < -0.39 is 0 Å². The molecule has 0 spiro atoms. The van der Waals surface area contributed by atoms with Gasteiger partial charge in [0.05, 0.1) is 0 Å². The highest BCUT2D eigenvalue weighted by Crippen LogP contribution is 2.30. The van der Waals surface area contributed by atoms with Gasteiger partial charge in [-0.1, -0.05) is 15.9 Å². The lowest BCUT2D eigenvalue weighted by Crippen LogP contribution is -1.89. The number of pyridine rings is 1. The number of rotatable bonds is 3. The first kappa shape index (κ1) is 12.9. The minimum atomic E-state index is 0.807. The molecular formula is C12H10Br2N2S. The normalized spacial score (nSPS) is 10.5. The topological polar surface area (TPSA) is 38.9 Å². The summed E-state index contributed by atoms with van der Waals surface area (Å²) >= 11 is 8.56. The zero-order valence-corrected chi connectivity index (χ0v) is 12.8. The Balaban J connectivity index is 2.09. The third-order valence-electron chi connectivity index (χ3n) is 2.13. The third-order valence-corrected chi connectivity index (χ3v) is 4.20. The van der Waals surface area contributed by atoms with Crippen LogP contribution in [-0.2, 0) is 5.75 Å². The molecule has 0 aliphatic heterocycles. The molecule has 0 aliphatic rings. The van der Waals surface area contributed by atoms with Gasteiger partial charge in [-0.25, -0.2) is 0 Å². The summed E-state index contributed by atoms with van der Waals surface area (Å²) in [7, 11) is 0. The Morgan fingerprint density at radius 1 is 1.12 bits per heavy atom. The van der Waals surface area contributed by atoms with Gasteiger partial charge in [0, 0.05) is 37.7 Å². The summed E-state index contributed by atoms with van der Waals surface area (Å²) in [6.45, 7) is 0. The van der Waals surface area contributed by atoms with Crippen molar-refractivity contribution >= 4 is 49.3 Å². The smallest absolute Gasteiger partial charge is 0.0453 e. The molecule has 0 unspecified atom stereocenters. The van der Waals surface area contributed by atoms with Crippen molar-refractivity contribution in [1.29, 1.82) is 0 Å². The van der Waals surface area contributed by atoms with Gasteiger partial charge in [0.1, 0.15) is 0 Å². The quantitative estimate of drug-likeness (QED) is 0.636. The molecular weight excluding hydrogens is 364 g/mol.